The summed E-state index contributed by atoms with van der Waals surface area (Å²) in [7, 11) is -3.32. The molecule has 1 aliphatic rings. The highest BCUT2D eigenvalue weighted by Crippen LogP contribution is 2.44. The van der Waals surface area contributed by atoms with Gasteiger partial charge in [0.05, 0.1) is 6.10 Å². The average molecular weight is 329 g/mol. The zero-order valence-electron chi connectivity index (χ0n) is 15.2. The molecule has 2 nitrogen and oxygen atoms in total. The van der Waals surface area contributed by atoms with Gasteiger partial charge >= 0.3 is 0 Å². The molecular weight excluding hydrogens is 292 g/mol. The molecule has 3 atom stereocenters. The molecule has 0 aliphatic carbocycles. The van der Waals surface area contributed by atoms with Crippen LogP contribution in [0.2, 0.25) is 37.3 Å². The topological polar surface area (TPSA) is 18.5 Å². The molecule has 1 rings (SSSR count). The highest BCUT2D eigenvalue weighted by molar-refractivity contribution is 6.76. The van der Waals surface area contributed by atoms with Crippen LogP contribution in [0.4, 0.5) is 0 Å². The first kappa shape index (κ1) is 19.1. The molecule has 4 heteroatoms. The molecule has 0 saturated carbocycles. The Hall–Kier alpha value is 0.0938. The van der Waals surface area contributed by atoms with Gasteiger partial charge in [0, 0.05) is 11.6 Å². The zero-order valence-corrected chi connectivity index (χ0v) is 17.2. The van der Waals surface area contributed by atoms with Crippen molar-refractivity contribution in [2.45, 2.75) is 90.0 Å². The number of hydrogen-bond acceptors (Lipinski definition) is 2. The van der Waals surface area contributed by atoms with Gasteiger partial charge in [-0.05, 0) is 50.5 Å². The van der Waals surface area contributed by atoms with Crippen LogP contribution in [-0.4, -0.2) is 28.8 Å². The lowest BCUT2D eigenvalue weighted by atomic mass is 9.99. The first-order chi connectivity index (χ1) is 9.67. The largest absolute Gasteiger partial charge is 0.414 e. The number of hydrogen-bond donors (Lipinski definition) is 0. The summed E-state index contributed by atoms with van der Waals surface area (Å²) in [5.41, 5.74) is 0.447. The van der Waals surface area contributed by atoms with E-state index in [1.807, 2.05) is 0 Å². The van der Waals surface area contributed by atoms with Crippen molar-refractivity contribution in [2.24, 2.45) is 5.92 Å². The second kappa shape index (κ2) is 7.58. The van der Waals surface area contributed by atoms with Gasteiger partial charge in [-0.3, -0.25) is 0 Å². The molecule has 0 spiro atoms. The van der Waals surface area contributed by atoms with Crippen molar-refractivity contribution in [3.63, 3.8) is 0 Å². The summed E-state index contributed by atoms with van der Waals surface area (Å²) >= 11 is 0. The third kappa shape index (κ3) is 5.05. The van der Waals surface area contributed by atoms with Crippen LogP contribution in [-0.2, 0) is 8.85 Å². The molecule has 21 heavy (non-hydrogen) atoms. The van der Waals surface area contributed by atoms with Crippen molar-refractivity contribution in [1.29, 1.82) is 0 Å². The van der Waals surface area contributed by atoms with E-state index in [1.54, 1.807) is 0 Å². The zero-order chi connectivity index (χ0) is 16.3. The van der Waals surface area contributed by atoms with E-state index in [1.165, 1.54) is 12.1 Å². The Bertz CT molecular complexity index is 332. The standard InChI is InChI=1S/C17H36O2Si2/c1-9-17-16(19-20(6,7)8)13-15(12-14(4)5)18-21(17,10-2)11-3/h9,14-17H,1,10-13H2,2-8H3/t15-,16-,17-/m1/s1. The predicted molar refractivity (Wildman–Crippen MR) is 97.8 cm³/mol. The van der Waals surface area contributed by atoms with Gasteiger partial charge in [-0.15, -0.1) is 6.58 Å². The maximum absolute atomic E-state index is 6.73. The summed E-state index contributed by atoms with van der Waals surface area (Å²) < 4.78 is 13.3. The fourth-order valence-corrected chi connectivity index (χ4v) is 9.09. The molecule has 1 saturated heterocycles. The van der Waals surface area contributed by atoms with Gasteiger partial charge in [-0.25, -0.2) is 0 Å². The van der Waals surface area contributed by atoms with Crippen LogP contribution in [0.1, 0.15) is 40.5 Å². The molecule has 0 bridgehead atoms. The summed E-state index contributed by atoms with van der Waals surface area (Å²) in [4.78, 5) is 0. The van der Waals surface area contributed by atoms with E-state index in [0.29, 0.717) is 23.7 Å². The maximum Gasteiger partial charge on any atom is 0.201 e. The third-order valence-electron chi connectivity index (χ3n) is 4.59. The molecule has 1 aliphatic heterocycles. The molecular formula is C17H36O2Si2. The Kier molecular flexibility index (Phi) is 6.91. The lowest BCUT2D eigenvalue weighted by molar-refractivity contribution is 0.0503. The van der Waals surface area contributed by atoms with Crippen molar-refractivity contribution in [1.82, 2.24) is 0 Å². The average Bonchev–Trinajstić information content (AvgIpc) is 2.35. The van der Waals surface area contributed by atoms with E-state index < -0.39 is 16.6 Å². The van der Waals surface area contributed by atoms with Crippen LogP contribution >= 0.6 is 0 Å². The molecule has 0 aromatic rings. The molecule has 0 unspecified atom stereocenters. The van der Waals surface area contributed by atoms with Crippen LogP contribution in [0.5, 0.6) is 0 Å². The predicted octanol–water partition coefficient (Wildman–Crippen LogP) is 5.58. The van der Waals surface area contributed by atoms with Gasteiger partial charge in [0.2, 0.25) is 8.32 Å². The lowest BCUT2D eigenvalue weighted by Crippen LogP contribution is -2.56. The van der Waals surface area contributed by atoms with Gasteiger partial charge in [-0.2, -0.15) is 0 Å². The molecule has 1 fully saturated rings. The summed E-state index contributed by atoms with van der Waals surface area (Å²) in [5, 5.41) is 0. The Morgan fingerprint density at radius 2 is 1.86 bits per heavy atom. The van der Waals surface area contributed by atoms with Crippen LogP contribution in [0.25, 0.3) is 0 Å². The van der Waals surface area contributed by atoms with Crippen molar-refractivity contribution in [3.8, 4) is 0 Å². The van der Waals surface area contributed by atoms with E-state index >= 15 is 0 Å². The third-order valence-corrected chi connectivity index (χ3v) is 10.6. The van der Waals surface area contributed by atoms with E-state index in [4.69, 9.17) is 8.85 Å². The monoisotopic (exact) mass is 328 g/mol. The second-order valence-corrected chi connectivity index (χ2v) is 16.8. The minimum absolute atomic E-state index is 0.332. The second-order valence-electron chi connectivity index (χ2n) is 7.91. The van der Waals surface area contributed by atoms with Crippen molar-refractivity contribution in [2.75, 3.05) is 0 Å². The number of rotatable bonds is 7. The Balaban J connectivity index is 3.04. The van der Waals surface area contributed by atoms with Gasteiger partial charge in [-0.1, -0.05) is 33.8 Å². The minimum atomic E-state index is -1.77. The molecule has 0 aromatic carbocycles. The van der Waals surface area contributed by atoms with Gasteiger partial charge in [0.25, 0.3) is 0 Å². The van der Waals surface area contributed by atoms with Gasteiger partial charge in [0.15, 0.2) is 8.32 Å². The summed E-state index contributed by atoms with van der Waals surface area (Å²) in [6.45, 7) is 20.2. The van der Waals surface area contributed by atoms with E-state index in [2.05, 4.69) is 60.0 Å². The summed E-state index contributed by atoms with van der Waals surface area (Å²) in [6.07, 6.45) is 5.07. The molecule has 1 heterocycles. The highest BCUT2D eigenvalue weighted by Gasteiger charge is 2.50. The Morgan fingerprint density at radius 3 is 2.24 bits per heavy atom. The SMILES string of the molecule is C=C[C@@H]1[C@H](O[Si](C)(C)C)C[C@@H](CC(C)C)O[Si]1(CC)CC. The Morgan fingerprint density at radius 1 is 1.29 bits per heavy atom. The van der Waals surface area contributed by atoms with Crippen molar-refractivity contribution >= 4 is 16.6 Å². The molecule has 0 N–H and O–H groups in total. The van der Waals surface area contributed by atoms with Gasteiger partial charge < -0.3 is 8.85 Å². The minimum Gasteiger partial charge on any atom is -0.414 e. The maximum atomic E-state index is 6.73. The lowest BCUT2D eigenvalue weighted by Gasteiger charge is -2.49. The summed E-state index contributed by atoms with van der Waals surface area (Å²) in [5.74, 6) is 0.684. The smallest absolute Gasteiger partial charge is 0.201 e. The van der Waals surface area contributed by atoms with Crippen LogP contribution in [0.15, 0.2) is 12.7 Å². The Labute approximate surface area is 134 Å². The molecule has 0 aromatic heterocycles. The quantitative estimate of drug-likeness (QED) is 0.448. The highest BCUT2D eigenvalue weighted by atomic mass is 28.4. The van der Waals surface area contributed by atoms with Crippen molar-refractivity contribution in [3.05, 3.63) is 12.7 Å². The molecule has 124 valence electrons. The fourth-order valence-electron chi connectivity index (χ4n) is 3.70. The fraction of sp³-hybridized carbons (Fsp3) is 0.882. The van der Waals surface area contributed by atoms with E-state index in [9.17, 15) is 0 Å². The molecule has 0 radical (unpaired) electrons. The van der Waals surface area contributed by atoms with Crippen LogP contribution in [0.3, 0.4) is 0 Å². The normalized spacial score (nSPS) is 29.6. The van der Waals surface area contributed by atoms with E-state index in [-0.39, 0.29) is 0 Å². The first-order valence-electron chi connectivity index (χ1n) is 8.65. The van der Waals surface area contributed by atoms with Crippen LogP contribution in [0, 0.1) is 5.92 Å². The molecule has 0 amide bonds. The first-order valence-corrected chi connectivity index (χ1v) is 14.5. The van der Waals surface area contributed by atoms with Crippen LogP contribution < -0.4 is 0 Å². The van der Waals surface area contributed by atoms with Crippen molar-refractivity contribution < 1.29 is 8.85 Å². The van der Waals surface area contributed by atoms with E-state index in [0.717, 1.165) is 12.8 Å². The van der Waals surface area contributed by atoms with Gasteiger partial charge in [0.1, 0.15) is 0 Å². The summed E-state index contributed by atoms with van der Waals surface area (Å²) in [6, 6.07) is 2.33.